The normalized spacial score (nSPS) is 14.1. The van der Waals surface area contributed by atoms with Gasteiger partial charge in [0.25, 0.3) is 0 Å². The number of carbonyl (C=O) groups excluding carboxylic acids is 1. The number of hydrogen-bond acceptors (Lipinski definition) is 6. The molecular formula is C17H21N3O3S. The number of fused-ring (bicyclic) bond motifs is 1. The Morgan fingerprint density at radius 3 is 2.96 bits per heavy atom. The van der Waals surface area contributed by atoms with Gasteiger partial charge in [0.1, 0.15) is 11.5 Å². The lowest BCUT2D eigenvalue weighted by molar-refractivity contribution is -0.115. The lowest BCUT2D eigenvalue weighted by Crippen LogP contribution is -2.25. The summed E-state index contributed by atoms with van der Waals surface area (Å²) in [5, 5.41) is 3.58. The number of aromatic nitrogens is 1. The molecule has 2 aromatic rings. The molecular weight excluding hydrogens is 326 g/mol. The summed E-state index contributed by atoms with van der Waals surface area (Å²) in [6.07, 6.45) is 1.17. The average Bonchev–Trinajstić information content (AvgIpc) is 2.96. The summed E-state index contributed by atoms with van der Waals surface area (Å²) in [6, 6.07) is 5.45. The van der Waals surface area contributed by atoms with Gasteiger partial charge in [-0.15, -0.1) is 11.3 Å². The van der Waals surface area contributed by atoms with E-state index in [-0.39, 0.29) is 12.3 Å². The third-order valence-corrected chi connectivity index (χ3v) is 5.01. The standard InChI is InChI=1S/C17H21N3O3S/c1-20-7-6-13-15(10-20)24-17(18-13)19-16(21)8-11-4-5-12(22-2)9-14(11)23-3/h4-5,9H,6-8,10H2,1-3H3,(H,18,19,21). The van der Waals surface area contributed by atoms with Gasteiger partial charge in [0.15, 0.2) is 5.13 Å². The number of thiazole rings is 1. The highest BCUT2D eigenvalue weighted by atomic mass is 32.1. The predicted octanol–water partition coefficient (Wildman–Crippen LogP) is 2.33. The second-order valence-corrected chi connectivity index (χ2v) is 6.86. The highest BCUT2D eigenvalue weighted by Crippen LogP contribution is 2.29. The van der Waals surface area contributed by atoms with Crippen LogP contribution in [0.3, 0.4) is 0 Å². The number of rotatable bonds is 5. The van der Waals surface area contributed by atoms with Gasteiger partial charge in [-0.3, -0.25) is 4.79 Å². The van der Waals surface area contributed by atoms with Gasteiger partial charge in [0.05, 0.1) is 26.3 Å². The molecule has 0 saturated carbocycles. The van der Waals surface area contributed by atoms with Crippen LogP contribution in [0.1, 0.15) is 16.1 Å². The Kier molecular flexibility index (Phi) is 5.01. The maximum Gasteiger partial charge on any atom is 0.230 e. The van der Waals surface area contributed by atoms with Crippen LogP contribution in [0.4, 0.5) is 5.13 Å². The number of amides is 1. The van der Waals surface area contributed by atoms with Crippen LogP contribution in [0.15, 0.2) is 18.2 Å². The van der Waals surface area contributed by atoms with Crippen molar-refractivity contribution in [1.82, 2.24) is 9.88 Å². The first-order valence-corrected chi connectivity index (χ1v) is 8.58. The summed E-state index contributed by atoms with van der Waals surface area (Å²) in [4.78, 5) is 20.4. The maximum atomic E-state index is 12.3. The molecule has 1 aliphatic heterocycles. The van der Waals surface area contributed by atoms with Gasteiger partial charge >= 0.3 is 0 Å². The van der Waals surface area contributed by atoms with E-state index in [1.165, 1.54) is 4.88 Å². The Morgan fingerprint density at radius 1 is 1.38 bits per heavy atom. The molecule has 24 heavy (non-hydrogen) atoms. The largest absolute Gasteiger partial charge is 0.497 e. The van der Waals surface area contributed by atoms with E-state index >= 15 is 0 Å². The van der Waals surface area contributed by atoms with Crippen LogP contribution in [0.5, 0.6) is 11.5 Å². The van der Waals surface area contributed by atoms with E-state index in [1.54, 1.807) is 31.6 Å². The number of methoxy groups -OCH3 is 2. The maximum absolute atomic E-state index is 12.3. The molecule has 0 atom stereocenters. The minimum Gasteiger partial charge on any atom is -0.497 e. The van der Waals surface area contributed by atoms with E-state index < -0.39 is 0 Å². The van der Waals surface area contributed by atoms with E-state index in [1.807, 2.05) is 12.1 Å². The SMILES string of the molecule is COc1ccc(CC(=O)Nc2nc3c(s2)CN(C)CC3)c(OC)c1. The minimum atomic E-state index is -0.0991. The number of likely N-dealkylation sites (N-methyl/N-ethyl adjacent to an activating group) is 1. The molecule has 1 amide bonds. The number of nitrogens with one attached hydrogen (secondary N) is 1. The molecule has 0 spiro atoms. The number of hydrogen-bond donors (Lipinski definition) is 1. The molecule has 2 heterocycles. The van der Waals surface area contributed by atoms with Crippen LogP contribution in [-0.4, -0.2) is 43.6 Å². The molecule has 1 aliphatic rings. The summed E-state index contributed by atoms with van der Waals surface area (Å²) in [5.74, 6) is 1.25. The molecule has 128 valence electrons. The fraction of sp³-hybridized carbons (Fsp3) is 0.412. The molecule has 3 rings (SSSR count). The molecule has 7 heteroatoms. The molecule has 0 radical (unpaired) electrons. The van der Waals surface area contributed by atoms with Crippen molar-refractivity contribution >= 4 is 22.4 Å². The van der Waals surface area contributed by atoms with E-state index in [0.717, 1.165) is 30.8 Å². The highest BCUT2D eigenvalue weighted by Gasteiger charge is 2.19. The number of nitrogens with zero attached hydrogens (tertiary/aromatic N) is 2. The predicted molar refractivity (Wildman–Crippen MR) is 94.0 cm³/mol. The number of carbonyl (C=O) groups is 1. The van der Waals surface area contributed by atoms with Crippen molar-refractivity contribution in [3.8, 4) is 11.5 Å². The van der Waals surface area contributed by atoms with Gasteiger partial charge in [-0.25, -0.2) is 4.98 Å². The first-order chi connectivity index (χ1) is 11.6. The third kappa shape index (κ3) is 3.68. The van der Waals surface area contributed by atoms with Gasteiger partial charge in [0.2, 0.25) is 5.91 Å². The zero-order chi connectivity index (χ0) is 17.1. The molecule has 1 aromatic heterocycles. The van der Waals surface area contributed by atoms with Crippen LogP contribution in [0.2, 0.25) is 0 Å². The van der Waals surface area contributed by atoms with Gasteiger partial charge < -0.3 is 19.7 Å². The van der Waals surface area contributed by atoms with E-state index in [0.29, 0.717) is 16.6 Å². The summed E-state index contributed by atoms with van der Waals surface area (Å²) >= 11 is 1.56. The topological polar surface area (TPSA) is 63.7 Å². The van der Waals surface area contributed by atoms with Gasteiger partial charge in [-0.05, 0) is 13.1 Å². The van der Waals surface area contributed by atoms with Crippen molar-refractivity contribution in [2.24, 2.45) is 0 Å². The second-order valence-electron chi connectivity index (χ2n) is 5.78. The van der Waals surface area contributed by atoms with Crippen molar-refractivity contribution in [2.45, 2.75) is 19.4 Å². The van der Waals surface area contributed by atoms with Crippen molar-refractivity contribution in [1.29, 1.82) is 0 Å². The highest BCUT2D eigenvalue weighted by molar-refractivity contribution is 7.15. The lowest BCUT2D eigenvalue weighted by Gasteiger charge is -2.20. The van der Waals surface area contributed by atoms with Crippen LogP contribution >= 0.6 is 11.3 Å². The van der Waals surface area contributed by atoms with E-state index in [2.05, 4.69) is 22.2 Å². The Hall–Kier alpha value is -2.12. The smallest absolute Gasteiger partial charge is 0.230 e. The first kappa shape index (κ1) is 16.7. The van der Waals surface area contributed by atoms with Crippen molar-refractivity contribution in [3.63, 3.8) is 0 Å². The van der Waals surface area contributed by atoms with Gasteiger partial charge in [-0.2, -0.15) is 0 Å². The molecule has 0 bridgehead atoms. The van der Waals surface area contributed by atoms with Crippen molar-refractivity contribution < 1.29 is 14.3 Å². The number of benzene rings is 1. The van der Waals surface area contributed by atoms with Gasteiger partial charge in [-0.1, -0.05) is 6.07 Å². The number of anilines is 1. The van der Waals surface area contributed by atoms with Crippen LogP contribution in [0, 0.1) is 0 Å². The van der Waals surface area contributed by atoms with Crippen LogP contribution < -0.4 is 14.8 Å². The van der Waals surface area contributed by atoms with E-state index in [9.17, 15) is 4.79 Å². The zero-order valence-electron chi connectivity index (χ0n) is 14.1. The first-order valence-electron chi connectivity index (χ1n) is 7.77. The third-order valence-electron chi connectivity index (χ3n) is 4.01. The molecule has 0 aliphatic carbocycles. The Labute approximate surface area is 145 Å². The fourth-order valence-corrected chi connectivity index (χ4v) is 3.82. The molecule has 1 N–H and O–H groups in total. The van der Waals surface area contributed by atoms with Crippen LogP contribution in [-0.2, 0) is 24.2 Å². The Bertz CT molecular complexity index is 745. The summed E-state index contributed by atoms with van der Waals surface area (Å²) in [7, 11) is 5.28. The fourth-order valence-electron chi connectivity index (χ4n) is 2.71. The monoisotopic (exact) mass is 347 g/mol. The minimum absolute atomic E-state index is 0.0991. The molecule has 1 aromatic carbocycles. The molecule has 6 nitrogen and oxygen atoms in total. The summed E-state index contributed by atoms with van der Waals surface area (Å²) in [5.41, 5.74) is 1.92. The van der Waals surface area contributed by atoms with Crippen molar-refractivity contribution in [3.05, 3.63) is 34.3 Å². The molecule has 0 unspecified atom stereocenters. The molecule has 0 saturated heterocycles. The summed E-state index contributed by atoms with van der Waals surface area (Å²) in [6.45, 7) is 1.91. The zero-order valence-corrected chi connectivity index (χ0v) is 14.9. The summed E-state index contributed by atoms with van der Waals surface area (Å²) < 4.78 is 10.5. The Morgan fingerprint density at radius 2 is 2.21 bits per heavy atom. The average molecular weight is 347 g/mol. The van der Waals surface area contributed by atoms with Crippen molar-refractivity contribution in [2.75, 3.05) is 33.1 Å². The lowest BCUT2D eigenvalue weighted by atomic mass is 10.1. The quantitative estimate of drug-likeness (QED) is 0.899. The number of ether oxygens (including phenoxy) is 2. The Balaban J connectivity index is 1.68. The van der Waals surface area contributed by atoms with E-state index in [4.69, 9.17) is 9.47 Å². The second kappa shape index (κ2) is 7.19. The van der Waals surface area contributed by atoms with Crippen LogP contribution in [0.25, 0.3) is 0 Å². The van der Waals surface area contributed by atoms with Gasteiger partial charge in [0, 0.05) is 36.0 Å². The molecule has 0 fully saturated rings.